The molecule has 0 heterocycles. The van der Waals surface area contributed by atoms with Crippen LogP contribution >= 0.6 is 0 Å². The summed E-state index contributed by atoms with van der Waals surface area (Å²) in [7, 11) is 0. The smallest absolute Gasteiger partial charge is 0.306 e. The van der Waals surface area contributed by atoms with Crippen LogP contribution in [0.4, 0.5) is 0 Å². The number of hydrogen-bond acceptors (Lipinski definition) is 3. The molecule has 0 saturated heterocycles. The van der Waals surface area contributed by atoms with Gasteiger partial charge in [-0.25, -0.2) is 0 Å². The molecule has 2 saturated carbocycles. The SMILES string of the molecule is O=C(CNCC1CC1)NCC1CCCCC1C(=O)O. The fraction of sp³-hybridized carbons (Fsp3) is 0.857. The van der Waals surface area contributed by atoms with Gasteiger partial charge in [0.25, 0.3) is 0 Å². The summed E-state index contributed by atoms with van der Waals surface area (Å²) in [6.07, 6.45) is 6.27. The average Bonchev–Trinajstić information content (AvgIpc) is 3.20. The van der Waals surface area contributed by atoms with Gasteiger partial charge in [0, 0.05) is 6.54 Å². The summed E-state index contributed by atoms with van der Waals surface area (Å²) in [5, 5.41) is 15.2. The third-order valence-electron chi connectivity index (χ3n) is 4.20. The standard InChI is InChI=1S/C14H24N2O3/c17-13(9-15-7-10-5-6-10)16-8-11-3-1-2-4-12(11)14(18)19/h10-12,15H,1-9H2,(H,16,17)(H,18,19). The van der Waals surface area contributed by atoms with E-state index in [0.717, 1.165) is 38.1 Å². The number of carboxylic acids is 1. The summed E-state index contributed by atoms with van der Waals surface area (Å²) in [5.41, 5.74) is 0. The Morgan fingerprint density at radius 2 is 1.79 bits per heavy atom. The third-order valence-corrected chi connectivity index (χ3v) is 4.20. The second kappa shape index (κ2) is 6.89. The highest BCUT2D eigenvalue weighted by atomic mass is 16.4. The van der Waals surface area contributed by atoms with Crippen LogP contribution in [0, 0.1) is 17.8 Å². The molecule has 1 amide bonds. The van der Waals surface area contributed by atoms with Crippen LogP contribution in [0.2, 0.25) is 0 Å². The molecule has 2 aliphatic rings. The fourth-order valence-electron chi connectivity index (χ4n) is 2.80. The Labute approximate surface area is 114 Å². The van der Waals surface area contributed by atoms with E-state index in [1.54, 1.807) is 0 Å². The van der Waals surface area contributed by atoms with Crippen LogP contribution < -0.4 is 10.6 Å². The fourth-order valence-corrected chi connectivity index (χ4v) is 2.80. The maximum atomic E-state index is 11.6. The maximum Gasteiger partial charge on any atom is 0.306 e. The van der Waals surface area contributed by atoms with Gasteiger partial charge in [0.15, 0.2) is 0 Å². The van der Waals surface area contributed by atoms with Crippen LogP contribution in [0.3, 0.4) is 0 Å². The predicted molar refractivity (Wildman–Crippen MR) is 71.7 cm³/mol. The molecular weight excluding hydrogens is 244 g/mol. The van der Waals surface area contributed by atoms with E-state index in [-0.39, 0.29) is 17.7 Å². The molecule has 0 bridgehead atoms. The molecule has 0 aliphatic heterocycles. The van der Waals surface area contributed by atoms with Crippen molar-refractivity contribution >= 4 is 11.9 Å². The number of amides is 1. The molecule has 19 heavy (non-hydrogen) atoms. The van der Waals surface area contributed by atoms with Gasteiger partial charge in [-0.2, -0.15) is 0 Å². The zero-order valence-corrected chi connectivity index (χ0v) is 11.4. The zero-order valence-electron chi connectivity index (χ0n) is 11.4. The first-order chi connectivity index (χ1) is 9.16. The molecular formula is C14H24N2O3. The average molecular weight is 268 g/mol. The first-order valence-corrected chi connectivity index (χ1v) is 7.37. The van der Waals surface area contributed by atoms with Crippen LogP contribution in [0.15, 0.2) is 0 Å². The van der Waals surface area contributed by atoms with Crippen molar-refractivity contribution in [1.29, 1.82) is 0 Å². The zero-order chi connectivity index (χ0) is 13.7. The summed E-state index contributed by atoms with van der Waals surface area (Å²) >= 11 is 0. The van der Waals surface area contributed by atoms with Crippen LogP contribution in [-0.4, -0.2) is 36.6 Å². The van der Waals surface area contributed by atoms with E-state index in [9.17, 15) is 9.59 Å². The Bertz CT molecular complexity index is 329. The van der Waals surface area contributed by atoms with E-state index in [0.29, 0.717) is 13.1 Å². The number of rotatable bonds is 7. The molecule has 5 nitrogen and oxygen atoms in total. The second-order valence-corrected chi connectivity index (χ2v) is 5.87. The van der Waals surface area contributed by atoms with Crippen LogP contribution in [0.5, 0.6) is 0 Å². The summed E-state index contributed by atoms with van der Waals surface area (Å²) in [6, 6.07) is 0. The van der Waals surface area contributed by atoms with Crippen molar-refractivity contribution in [3.8, 4) is 0 Å². The molecule has 5 heteroatoms. The van der Waals surface area contributed by atoms with Crippen molar-refractivity contribution in [3.05, 3.63) is 0 Å². The minimum Gasteiger partial charge on any atom is -0.481 e. The largest absolute Gasteiger partial charge is 0.481 e. The van der Waals surface area contributed by atoms with Gasteiger partial charge in [-0.3, -0.25) is 9.59 Å². The van der Waals surface area contributed by atoms with Crippen LogP contribution in [0.1, 0.15) is 38.5 Å². The first-order valence-electron chi connectivity index (χ1n) is 7.37. The van der Waals surface area contributed by atoms with Crippen LogP contribution in [0.25, 0.3) is 0 Å². The number of hydrogen-bond donors (Lipinski definition) is 3. The van der Waals surface area contributed by atoms with Crippen molar-refractivity contribution in [3.63, 3.8) is 0 Å². The van der Waals surface area contributed by atoms with E-state index < -0.39 is 5.97 Å². The molecule has 0 aromatic rings. The van der Waals surface area contributed by atoms with Gasteiger partial charge < -0.3 is 15.7 Å². The maximum absolute atomic E-state index is 11.6. The Hall–Kier alpha value is -1.10. The topological polar surface area (TPSA) is 78.4 Å². The number of nitrogens with one attached hydrogen (secondary N) is 2. The molecule has 2 unspecified atom stereocenters. The number of carbonyl (C=O) groups excluding carboxylic acids is 1. The molecule has 2 fully saturated rings. The Balaban J connectivity index is 1.64. The van der Waals surface area contributed by atoms with Gasteiger partial charge in [-0.15, -0.1) is 0 Å². The number of aliphatic carboxylic acids is 1. The van der Waals surface area contributed by atoms with Gasteiger partial charge in [0.2, 0.25) is 5.91 Å². The van der Waals surface area contributed by atoms with Crippen LogP contribution in [-0.2, 0) is 9.59 Å². The predicted octanol–water partition coefficient (Wildman–Crippen LogP) is 0.993. The number of carbonyl (C=O) groups is 2. The summed E-state index contributed by atoms with van der Waals surface area (Å²) < 4.78 is 0. The highest BCUT2D eigenvalue weighted by Crippen LogP contribution is 2.29. The number of carboxylic acid groups (broad SMARTS) is 1. The minimum absolute atomic E-state index is 0.0182. The minimum atomic E-state index is -0.717. The third kappa shape index (κ3) is 4.82. The molecule has 0 aromatic heterocycles. The Morgan fingerprint density at radius 3 is 2.47 bits per heavy atom. The molecule has 3 N–H and O–H groups in total. The highest BCUT2D eigenvalue weighted by Gasteiger charge is 2.30. The first kappa shape index (κ1) is 14.3. The van der Waals surface area contributed by atoms with Gasteiger partial charge in [0.1, 0.15) is 0 Å². The monoisotopic (exact) mass is 268 g/mol. The molecule has 2 atom stereocenters. The molecule has 0 spiro atoms. The van der Waals surface area contributed by atoms with E-state index in [1.807, 2.05) is 0 Å². The molecule has 2 aliphatic carbocycles. The van der Waals surface area contributed by atoms with E-state index in [2.05, 4.69) is 10.6 Å². The quantitative estimate of drug-likeness (QED) is 0.643. The van der Waals surface area contributed by atoms with Crippen molar-refractivity contribution in [2.24, 2.45) is 17.8 Å². The van der Waals surface area contributed by atoms with Gasteiger partial charge >= 0.3 is 5.97 Å². The Kier molecular flexibility index (Phi) is 5.19. The summed E-state index contributed by atoms with van der Waals surface area (Å²) in [4.78, 5) is 22.8. The Morgan fingerprint density at radius 1 is 1.05 bits per heavy atom. The molecule has 108 valence electrons. The van der Waals surface area contributed by atoms with Crippen molar-refractivity contribution in [2.75, 3.05) is 19.6 Å². The summed E-state index contributed by atoms with van der Waals surface area (Å²) in [5.74, 6) is -0.157. The van der Waals surface area contributed by atoms with E-state index in [1.165, 1.54) is 12.8 Å². The lowest BCUT2D eigenvalue weighted by molar-refractivity contribution is -0.145. The van der Waals surface area contributed by atoms with Crippen molar-refractivity contribution in [1.82, 2.24) is 10.6 Å². The second-order valence-electron chi connectivity index (χ2n) is 5.87. The molecule has 0 aromatic carbocycles. The van der Waals surface area contributed by atoms with Crippen molar-refractivity contribution < 1.29 is 14.7 Å². The van der Waals surface area contributed by atoms with E-state index in [4.69, 9.17) is 5.11 Å². The summed E-state index contributed by atoms with van der Waals surface area (Å²) in [6.45, 7) is 1.77. The van der Waals surface area contributed by atoms with E-state index >= 15 is 0 Å². The van der Waals surface area contributed by atoms with Crippen molar-refractivity contribution in [2.45, 2.75) is 38.5 Å². The lowest BCUT2D eigenvalue weighted by atomic mass is 9.79. The van der Waals surface area contributed by atoms with Gasteiger partial charge in [-0.05, 0) is 44.1 Å². The highest BCUT2D eigenvalue weighted by molar-refractivity contribution is 5.78. The molecule has 0 radical (unpaired) electrons. The normalized spacial score (nSPS) is 26.9. The lowest BCUT2D eigenvalue weighted by Crippen LogP contribution is -2.40. The molecule has 2 rings (SSSR count). The van der Waals surface area contributed by atoms with Gasteiger partial charge in [0.05, 0.1) is 12.5 Å². The van der Waals surface area contributed by atoms with Gasteiger partial charge in [-0.1, -0.05) is 12.8 Å². The lowest BCUT2D eigenvalue weighted by Gasteiger charge is -2.28.